The van der Waals surface area contributed by atoms with Crippen LogP contribution in [0, 0.1) is 0 Å². The van der Waals surface area contributed by atoms with Crippen LogP contribution in [-0.4, -0.2) is 19.0 Å². The Morgan fingerprint density at radius 1 is 0.533 bits per heavy atom. The maximum Gasteiger partial charge on any atom is 0.122 e. The predicted molar refractivity (Wildman–Crippen MR) is 133 cm³/mol. The Kier molecular flexibility index (Phi) is 26.3. The van der Waals surface area contributed by atoms with Gasteiger partial charge in [0.05, 0.1) is 6.10 Å². The summed E-state index contributed by atoms with van der Waals surface area (Å²) < 4.78 is 6.02. The average molecular weight is 425 g/mol. The highest BCUT2D eigenvalue weighted by molar-refractivity contribution is 5.50. The van der Waals surface area contributed by atoms with E-state index in [-0.39, 0.29) is 6.10 Å². The minimum Gasteiger partial charge on any atom is -0.378 e. The molecular formula is C28H56O2. The molecule has 0 saturated carbocycles. The van der Waals surface area contributed by atoms with Crippen molar-refractivity contribution in [3.8, 4) is 0 Å². The van der Waals surface area contributed by atoms with Gasteiger partial charge in [-0.2, -0.15) is 0 Å². The van der Waals surface area contributed by atoms with Crippen LogP contribution in [0.1, 0.15) is 162 Å². The first-order chi connectivity index (χ1) is 14.8. The van der Waals surface area contributed by atoms with Gasteiger partial charge in [0.15, 0.2) is 0 Å². The molecule has 0 amide bonds. The first-order valence-electron chi connectivity index (χ1n) is 13.9. The van der Waals surface area contributed by atoms with Gasteiger partial charge in [0, 0.05) is 13.0 Å². The SMILES string of the molecule is CCCCCCCCCCCCCC(CC=O)OCCCCCCCCCCCC. The molecule has 0 radical (unpaired) electrons. The van der Waals surface area contributed by atoms with Gasteiger partial charge >= 0.3 is 0 Å². The van der Waals surface area contributed by atoms with E-state index in [1.807, 2.05) is 0 Å². The summed E-state index contributed by atoms with van der Waals surface area (Å²) in [5.41, 5.74) is 0. The molecule has 0 bridgehead atoms. The second-order valence-corrected chi connectivity index (χ2v) is 9.40. The zero-order valence-electron chi connectivity index (χ0n) is 20.9. The summed E-state index contributed by atoms with van der Waals surface area (Å²) in [5, 5.41) is 0. The number of carbonyl (C=O) groups excluding carboxylic acids is 1. The highest BCUT2D eigenvalue weighted by Crippen LogP contribution is 2.15. The molecule has 0 saturated heterocycles. The molecule has 0 rings (SSSR count). The number of hydrogen-bond donors (Lipinski definition) is 0. The van der Waals surface area contributed by atoms with E-state index in [0.29, 0.717) is 6.42 Å². The average Bonchev–Trinajstić information content (AvgIpc) is 2.75. The van der Waals surface area contributed by atoms with Crippen LogP contribution >= 0.6 is 0 Å². The van der Waals surface area contributed by atoms with Crippen LogP contribution in [0.2, 0.25) is 0 Å². The van der Waals surface area contributed by atoms with E-state index >= 15 is 0 Å². The van der Waals surface area contributed by atoms with Crippen LogP contribution in [0.3, 0.4) is 0 Å². The second-order valence-electron chi connectivity index (χ2n) is 9.40. The molecule has 30 heavy (non-hydrogen) atoms. The molecule has 0 heterocycles. The van der Waals surface area contributed by atoms with Gasteiger partial charge in [-0.3, -0.25) is 0 Å². The minimum atomic E-state index is 0.166. The highest BCUT2D eigenvalue weighted by atomic mass is 16.5. The van der Waals surface area contributed by atoms with Crippen LogP contribution in [0.4, 0.5) is 0 Å². The van der Waals surface area contributed by atoms with Gasteiger partial charge in [-0.1, -0.05) is 142 Å². The van der Waals surface area contributed by atoms with Crippen LogP contribution in [-0.2, 0) is 9.53 Å². The van der Waals surface area contributed by atoms with Crippen LogP contribution in [0.15, 0.2) is 0 Å². The molecule has 2 nitrogen and oxygen atoms in total. The lowest BCUT2D eigenvalue weighted by atomic mass is 10.0. The first kappa shape index (κ1) is 29.6. The fraction of sp³-hybridized carbons (Fsp3) is 0.964. The summed E-state index contributed by atoms with van der Waals surface area (Å²) in [7, 11) is 0. The fourth-order valence-electron chi connectivity index (χ4n) is 4.25. The van der Waals surface area contributed by atoms with E-state index in [9.17, 15) is 4.79 Å². The van der Waals surface area contributed by atoms with Crippen molar-refractivity contribution >= 4 is 6.29 Å². The maximum absolute atomic E-state index is 10.9. The Balaban J connectivity index is 3.41. The van der Waals surface area contributed by atoms with Gasteiger partial charge in [0.25, 0.3) is 0 Å². The summed E-state index contributed by atoms with van der Waals surface area (Å²) in [4.78, 5) is 10.9. The zero-order valence-corrected chi connectivity index (χ0v) is 20.9. The third-order valence-electron chi connectivity index (χ3n) is 6.34. The molecule has 0 spiro atoms. The van der Waals surface area contributed by atoms with Gasteiger partial charge < -0.3 is 9.53 Å². The molecule has 180 valence electrons. The quantitative estimate of drug-likeness (QED) is 0.102. The molecular weight excluding hydrogens is 368 g/mol. The number of hydrogen-bond acceptors (Lipinski definition) is 2. The summed E-state index contributed by atoms with van der Waals surface area (Å²) in [6.45, 7) is 5.40. The van der Waals surface area contributed by atoms with E-state index in [0.717, 1.165) is 25.7 Å². The summed E-state index contributed by atoms with van der Waals surface area (Å²) >= 11 is 0. The van der Waals surface area contributed by atoms with Gasteiger partial charge in [-0.25, -0.2) is 0 Å². The van der Waals surface area contributed by atoms with Gasteiger partial charge in [0.1, 0.15) is 6.29 Å². The Morgan fingerprint density at radius 3 is 1.30 bits per heavy atom. The van der Waals surface area contributed by atoms with Gasteiger partial charge in [-0.05, 0) is 12.8 Å². The Labute approximate surface area is 190 Å². The molecule has 0 aromatic carbocycles. The molecule has 0 aliphatic heterocycles. The van der Waals surface area contributed by atoms with Crippen molar-refractivity contribution in [3.05, 3.63) is 0 Å². The van der Waals surface area contributed by atoms with E-state index in [1.54, 1.807) is 0 Å². The zero-order chi connectivity index (χ0) is 22.0. The minimum absolute atomic E-state index is 0.166. The van der Waals surface area contributed by atoms with Crippen molar-refractivity contribution in [2.24, 2.45) is 0 Å². The first-order valence-corrected chi connectivity index (χ1v) is 13.9. The molecule has 1 atom stereocenters. The van der Waals surface area contributed by atoms with Crippen LogP contribution < -0.4 is 0 Å². The van der Waals surface area contributed by atoms with Crippen molar-refractivity contribution in [1.29, 1.82) is 0 Å². The van der Waals surface area contributed by atoms with Crippen LogP contribution in [0.5, 0.6) is 0 Å². The fourth-order valence-corrected chi connectivity index (χ4v) is 4.25. The molecule has 0 N–H and O–H groups in total. The monoisotopic (exact) mass is 424 g/mol. The van der Waals surface area contributed by atoms with E-state index < -0.39 is 0 Å². The summed E-state index contributed by atoms with van der Waals surface area (Å²) in [5.74, 6) is 0. The molecule has 0 aliphatic rings. The van der Waals surface area contributed by atoms with Crippen molar-refractivity contribution in [3.63, 3.8) is 0 Å². The number of aldehydes is 1. The predicted octanol–water partition coefficient (Wildman–Crippen LogP) is 9.58. The number of ether oxygens (including phenoxy) is 1. The van der Waals surface area contributed by atoms with E-state index in [2.05, 4.69) is 13.8 Å². The second kappa shape index (κ2) is 26.7. The molecule has 0 aromatic rings. The summed E-state index contributed by atoms with van der Waals surface area (Å²) in [6.07, 6.45) is 31.5. The molecule has 0 aliphatic carbocycles. The topological polar surface area (TPSA) is 26.3 Å². The summed E-state index contributed by atoms with van der Waals surface area (Å²) in [6, 6.07) is 0. The van der Waals surface area contributed by atoms with Crippen molar-refractivity contribution in [2.75, 3.05) is 6.61 Å². The van der Waals surface area contributed by atoms with Crippen LogP contribution in [0.25, 0.3) is 0 Å². The standard InChI is InChI=1S/C28H56O2/c1-3-5-7-9-11-13-15-16-18-20-22-24-28(25-26-29)30-27-23-21-19-17-14-12-10-8-6-4-2/h26,28H,3-25,27H2,1-2H3. The van der Waals surface area contributed by atoms with Gasteiger partial charge in [-0.15, -0.1) is 0 Å². The number of rotatable bonds is 26. The molecule has 1 unspecified atom stereocenters. The lowest BCUT2D eigenvalue weighted by molar-refractivity contribution is -0.110. The molecule has 2 heteroatoms. The van der Waals surface area contributed by atoms with Crippen molar-refractivity contribution < 1.29 is 9.53 Å². The van der Waals surface area contributed by atoms with Crippen molar-refractivity contribution in [2.45, 2.75) is 168 Å². The lowest BCUT2D eigenvalue weighted by Gasteiger charge is -2.15. The smallest absolute Gasteiger partial charge is 0.122 e. The Morgan fingerprint density at radius 2 is 0.900 bits per heavy atom. The van der Waals surface area contributed by atoms with Crippen molar-refractivity contribution in [1.82, 2.24) is 0 Å². The largest absolute Gasteiger partial charge is 0.378 e. The highest BCUT2D eigenvalue weighted by Gasteiger charge is 2.08. The lowest BCUT2D eigenvalue weighted by Crippen LogP contribution is -2.14. The molecule has 0 aromatic heterocycles. The molecule has 0 fully saturated rings. The third kappa shape index (κ3) is 23.9. The van der Waals surface area contributed by atoms with E-state index in [4.69, 9.17) is 4.74 Å². The third-order valence-corrected chi connectivity index (χ3v) is 6.34. The van der Waals surface area contributed by atoms with Gasteiger partial charge in [0.2, 0.25) is 0 Å². The number of carbonyl (C=O) groups is 1. The normalized spacial score (nSPS) is 12.3. The Hall–Kier alpha value is -0.370. The van der Waals surface area contributed by atoms with E-state index in [1.165, 1.54) is 128 Å². The number of unbranched alkanes of at least 4 members (excludes halogenated alkanes) is 19. The Bertz CT molecular complexity index is 290. The maximum atomic E-state index is 10.9.